The van der Waals surface area contributed by atoms with Crippen LogP contribution in [0.5, 0.6) is 0 Å². The first kappa shape index (κ1) is 16.5. The van der Waals surface area contributed by atoms with E-state index in [2.05, 4.69) is 98.5 Å². The van der Waals surface area contributed by atoms with Crippen LogP contribution in [0, 0.1) is 0 Å². The number of benzene rings is 2. The van der Waals surface area contributed by atoms with E-state index in [1.54, 1.807) is 0 Å². The van der Waals surface area contributed by atoms with Crippen molar-refractivity contribution in [3.8, 4) is 0 Å². The maximum Gasteiger partial charge on any atom is 0.0426 e. The highest BCUT2D eigenvalue weighted by atomic mass is 79.9. The zero-order chi connectivity index (χ0) is 15.4. The Morgan fingerprint density at radius 2 is 1.67 bits per heavy atom. The van der Waals surface area contributed by atoms with Gasteiger partial charge in [-0.1, -0.05) is 50.1 Å². The molecule has 0 aliphatic carbocycles. The van der Waals surface area contributed by atoms with Gasteiger partial charge in [0.2, 0.25) is 0 Å². The second-order valence-corrected chi connectivity index (χ2v) is 7.03. The Kier molecular flexibility index (Phi) is 5.85. The fourth-order valence-electron chi connectivity index (χ4n) is 2.32. The molecule has 0 saturated carbocycles. The van der Waals surface area contributed by atoms with E-state index in [0.717, 1.165) is 15.5 Å². The topological polar surface area (TPSA) is 15.3 Å². The number of halogens is 2. The van der Waals surface area contributed by atoms with Gasteiger partial charge in [-0.2, -0.15) is 0 Å². The second-order valence-electron chi connectivity index (χ2n) is 5.20. The molecule has 2 aromatic carbocycles. The second kappa shape index (κ2) is 7.43. The van der Waals surface area contributed by atoms with Gasteiger partial charge in [-0.15, -0.1) is 0 Å². The highest BCUT2D eigenvalue weighted by molar-refractivity contribution is 9.10. The predicted octanol–water partition coefficient (Wildman–Crippen LogP) is 5.13. The number of rotatable bonds is 5. The fraction of sp³-hybridized carbons (Fsp3) is 0.294. The summed E-state index contributed by atoms with van der Waals surface area (Å²) < 4.78 is 2.22. The first-order valence-electron chi connectivity index (χ1n) is 6.93. The van der Waals surface area contributed by atoms with Crippen molar-refractivity contribution in [2.24, 2.45) is 0 Å². The minimum atomic E-state index is 0.320. The van der Waals surface area contributed by atoms with Crippen LogP contribution < -0.4 is 10.2 Å². The van der Waals surface area contributed by atoms with Crippen LogP contribution in [0.4, 0.5) is 5.69 Å². The Hall–Kier alpha value is -0.840. The summed E-state index contributed by atoms with van der Waals surface area (Å²) in [7, 11) is 4.13. The Bertz CT molecular complexity index is 596. The van der Waals surface area contributed by atoms with Crippen molar-refractivity contribution < 1.29 is 0 Å². The number of hydrogen-bond donors (Lipinski definition) is 1. The van der Waals surface area contributed by atoms with Crippen LogP contribution >= 0.6 is 31.9 Å². The van der Waals surface area contributed by atoms with Gasteiger partial charge in [-0.25, -0.2) is 0 Å². The van der Waals surface area contributed by atoms with Gasteiger partial charge in [0.1, 0.15) is 0 Å². The van der Waals surface area contributed by atoms with Gasteiger partial charge in [-0.3, -0.25) is 0 Å². The summed E-state index contributed by atoms with van der Waals surface area (Å²) in [5, 5.41) is 3.32. The van der Waals surface area contributed by atoms with E-state index in [-0.39, 0.29) is 0 Å². The Morgan fingerprint density at radius 1 is 1.05 bits per heavy atom. The van der Waals surface area contributed by atoms with Gasteiger partial charge in [-0.05, 0) is 49.4 Å². The molecule has 112 valence electrons. The van der Waals surface area contributed by atoms with Crippen molar-refractivity contribution in [2.75, 3.05) is 19.0 Å². The minimum absolute atomic E-state index is 0.320. The number of hydrogen-bond acceptors (Lipinski definition) is 2. The molecule has 0 amide bonds. The predicted molar refractivity (Wildman–Crippen MR) is 97.9 cm³/mol. The molecule has 0 spiro atoms. The highest BCUT2D eigenvalue weighted by Gasteiger charge is 2.13. The van der Waals surface area contributed by atoms with Crippen molar-refractivity contribution in [2.45, 2.75) is 19.5 Å². The molecular formula is C17H20Br2N2. The van der Waals surface area contributed by atoms with E-state index in [4.69, 9.17) is 0 Å². The van der Waals surface area contributed by atoms with Crippen molar-refractivity contribution >= 4 is 37.5 Å². The van der Waals surface area contributed by atoms with Crippen LogP contribution in [-0.4, -0.2) is 14.1 Å². The summed E-state index contributed by atoms with van der Waals surface area (Å²) in [6, 6.07) is 15.3. The van der Waals surface area contributed by atoms with Crippen molar-refractivity contribution in [1.82, 2.24) is 5.32 Å². The summed E-state index contributed by atoms with van der Waals surface area (Å²) in [5.74, 6) is 0. The standard InChI is InChI=1S/C17H20Br2N2/c1-12(20-2)16-9-8-15(19)10-17(16)21(3)11-13-4-6-14(18)7-5-13/h4-10,12,20H,11H2,1-3H3. The lowest BCUT2D eigenvalue weighted by Crippen LogP contribution is -2.21. The maximum atomic E-state index is 3.58. The Morgan fingerprint density at radius 3 is 2.29 bits per heavy atom. The van der Waals surface area contributed by atoms with Gasteiger partial charge >= 0.3 is 0 Å². The lowest BCUT2D eigenvalue weighted by molar-refractivity contribution is 0.649. The zero-order valence-electron chi connectivity index (χ0n) is 12.5. The fourth-order valence-corrected chi connectivity index (χ4v) is 2.93. The summed E-state index contributed by atoms with van der Waals surface area (Å²) in [6.07, 6.45) is 0. The van der Waals surface area contributed by atoms with Crippen molar-refractivity contribution in [3.05, 3.63) is 62.5 Å². The maximum absolute atomic E-state index is 3.58. The van der Waals surface area contributed by atoms with Crippen LogP contribution in [0.2, 0.25) is 0 Å². The number of nitrogens with zero attached hydrogens (tertiary/aromatic N) is 1. The normalized spacial score (nSPS) is 12.2. The SMILES string of the molecule is CNC(C)c1ccc(Br)cc1N(C)Cc1ccc(Br)cc1. The van der Waals surface area contributed by atoms with E-state index in [1.807, 2.05) is 7.05 Å². The Balaban J connectivity index is 2.27. The van der Waals surface area contributed by atoms with Crippen LogP contribution in [0.1, 0.15) is 24.1 Å². The molecule has 1 N–H and O–H groups in total. The smallest absolute Gasteiger partial charge is 0.0426 e. The van der Waals surface area contributed by atoms with E-state index >= 15 is 0 Å². The third-order valence-corrected chi connectivity index (χ3v) is 4.66. The van der Waals surface area contributed by atoms with Gasteiger partial charge < -0.3 is 10.2 Å². The van der Waals surface area contributed by atoms with Crippen LogP contribution in [-0.2, 0) is 6.54 Å². The average molecular weight is 412 g/mol. The van der Waals surface area contributed by atoms with E-state index in [1.165, 1.54) is 16.8 Å². The molecule has 4 heteroatoms. The summed E-state index contributed by atoms with van der Waals surface area (Å²) in [4.78, 5) is 2.29. The lowest BCUT2D eigenvalue weighted by atomic mass is 10.0. The molecule has 0 bridgehead atoms. The van der Waals surface area contributed by atoms with E-state index < -0.39 is 0 Å². The van der Waals surface area contributed by atoms with E-state index in [9.17, 15) is 0 Å². The van der Waals surface area contributed by atoms with Crippen LogP contribution in [0.15, 0.2) is 51.4 Å². The van der Waals surface area contributed by atoms with Crippen LogP contribution in [0.25, 0.3) is 0 Å². The molecule has 1 atom stereocenters. The number of nitrogens with one attached hydrogen (secondary N) is 1. The molecule has 0 saturated heterocycles. The average Bonchev–Trinajstić information content (AvgIpc) is 2.48. The first-order chi connectivity index (χ1) is 10.0. The van der Waals surface area contributed by atoms with Gasteiger partial charge in [0.25, 0.3) is 0 Å². The molecule has 21 heavy (non-hydrogen) atoms. The molecule has 0 aliphatic rings. The quantitative estimate of drug-likeness (QED) is 0.733. The van der Waals surface area contributed by atoms with Gasteiger partial charge in [0.15, 0.2) is 0 Å². The minimum Gasteiger partial charge on any atom is -0.370 e. The first-order valence-corrected chi connectivity index (χ1v) is 8.52. The highest BCUT2D eigenvalue weighted by Crippen LogP contribution is 2.30. The van der Waals surface area contributed by atoms with E-state index in [0.29, 0.717) is 6.04 Å². The molecule has 0 aliphatic heterocycles. The van der Waals surface area contributed by atoms with Crippen molar-refractivity contribution in [3.63, 3.8) is 0 Å². The van der Waals surface area contributed by atoms with Gasteiger partial charge in [0, 0.05) is 34.3 Å². The largest absolute Gasteiger partial charge is 0.370 e. The molecule has 0 fully saturated rings. The molecule has 0 heterocycles. The molecule has 0 radical (unpaired) electrons. The van der Waals surface area contributed by atoms with Crippen molar-refractivity contribution in [1.29, 1.82) is 0 Å². The Labute approximate surface area is 143 Å². The number of anilines is 1. The molecule has 2 nitrogen and oxygen atoms in total. The summed E-state index contributed by atoms with van der Waals surface area (Å²) in [6.45, 7) is 3.06. The summed E-state index contributed by atoms with van der Waals surface area (Å²) >= 11 is 7.06. The summed E-state index contributed by atoms with van der Waals surface area (Å²) in [5.41, 5.74) is 3.85. The molecule has 0 aromatic heterocycles. The zero-order valence-corrected chi connectivity index (χ0v) is 15.7. The molecule has 1 unspecified atom stereocenters. The third-order valence-electron chi connectivity index (χ3n) is 3.64. The molecular weight excluding hydrogens is 392 g/mol. The van der Waals surface area contributed by atoms with Gasteiger partial charge in [0.05, 0.1) is 0 Å². The third kappa shape index (κ3) is 4.31. The lowest BCUT2D eigenvalue weighted by Gasteiger charge is -2.25. The monoisotopic (exact) mass is 410 g/mol. The van der Waals surface area contributed by atoms with Crippen LogP contribution in [0.3, 0.4) is 0 Å². The molecule has 2 rings (SSSR count). The molecule has 2 aromatic rings.